The lowest BCUT2D eigenvalue weighted by Crippen LogP contribution is -2.34. The number of hydrogen-bond donors (Lipinski definition) is 1. The molecule has 4 heteroatoms. The lowest BCUT2D eigenvalue weighted by Gasteiger charge is -2.19. The van der Waals surface area contributed by atoms with Crippen LogP contribution in [-0.4, -0.2) is 5.54 Å². The quantitative estimate of drug-likeness (QED) is 0.881. The van der Waals surface area contributed by atoms with Gasteiger partial charge in [-0.25, -0.2) is 4.39 Å². The summed E-state index contributed by atoms with van der Waals surface area (Å²) in [5.41, 5.74) is 5.96. The molecule has 0 aliphatic carbocycles. The number of rotatable bonds is 2. The first-order valence-electron chi connectivity index (χ1n) is 4.22. The van der Waals surface area contributed by atoms with Gasteiger partial charge in [-0.15, -0.1) is 0 Å². The maximum atomic E-state index is 13.5. The third kappa shape index (κ3) is 3.23. The van der Waals surface area contributed by atoms with Gasteiger partial charge >= 0.3 is 0 Å². The molecule has 0 saturated carbocycles. The lowest BCUT2D eigenvalue weighted by molar-refractivity contribution is 0.496. The van der Waals surface area contributed by atoms with Crippen molar-refractivity contribution in [1.82, 2.24) is 0 Å². The fourth-order valence-electron chi connectivity index (χ4n) is 1.20. The molecule has 0 aliphatic rings. The summed E-state index contributed by atoms with van der Waals surface area (Å²) >= 11 is 8.96. The third-order valence-electron chi connectivity index (χ3n) is 1.74. The van der Waals surface area contributed by atoms with Crippen molar-refractivity contribution in [3.8, 4) is 0 Å². The van der Waals surface area contributed by atoms with Gasteiger partial charge in [0.15, 0.2) is 0 Å². The molecule has 2 N–H and O–H groups in total. The van der Waals surface area contributed by atoms with Gasteiger partial charge in [0.25, 0.3) is 0 Å². The summed E-state index contributed by atoms with van der Waals surface area (Å²) in [6.45, 7) is 3.71. The lowest BCUT2D eigenvalue weighted by atomic mass is 9.96. The van der Waals surface area contributed by atoms with E-state index in [9.17, 15) is 4.39 Å². The van der Waals surface area contributed by atoms with Gasteiger partial charge in [0.2, 0.25) is 0 Å². The maximum Gasteiger partial charge on any atom is 0.129 e. The average Bonchev–Trinajstić information content (AvgIpc) is 1.95. The van der Waals surface area contributed by atoms with E-state index in [0.29, 0.717) is 21.5 Å². The van der Waals surface area contributed by atoms with Crippen molar-refractivity contribution >= 4 is 27.5 Å². The molecule has 0 spiro atoms. The first-order valence-corrected chi connectivity index (χ1v) is 5.39. The summed E-state index contributed by atoms with van der Waals surface area (Å²) in [7, 11) is 0. The van der Waals surface area contributed by atoms with Crippen molar-refractivity contribution in [2.75, 3.05) is 0 Å². The second-order valence-corrected chi connectivity index (χ2v) is 5.30. The van der Waals surface area contributed by atoms with E-state index in [-0.39, 0.29) is 5.82 Å². The molecular formula is C10H12BrClFN. The maximum absolute atomic E-state index is 13.5. The van der Waals surface area contributed by atoms with E-state index in [0.717, 1.165) is 0 Å². The Hall–Kier alpha value is -0.120. The van der Waals surface area contributed by atoms with Crippen LogP contribution in [0.1, 0.15) is 19.4 Å². The van der Waals surface area contributed by atoms with Gasteiger partial charge < -0.3 is 5.73 Å². The van der Waals surface area contributed by atoms with E-state index in [1.807, 2.05) is 13.8 Å². The molecule has 1 aromatic rings. The molecule has 0 radical (unpaired) electrons. The number of halogens is 3. The Morgan fingerprint density at radius 2 is 2.07 bits per heavy atom. The zero-order valence-electron chi connectivity index (χ0n) is 8.07. The molecule has 0 unspecified atom stereocenters. The van der Waals surface area contributed by atoms with Crippen LogP contribution in [0.4, 0.5) is 4.39 Å². The zero-order valence-corrected chi connectivity index (χ0v) is 10.4. The number of benzene rings is 1. The van der Waals surface area contributed by atoms with Crippen LogP contribution in [0.2, 0.25) is 5.02 Å². The van der Waals surface area contributed by atoms with Crippen molar-refractivity contribution in [2.24, 2.45) is 5.73 Å². The molecule has 78 valence electrons. The molecule has 14 heavy (non-hydrogen) atoms. The van der Waals surface area contributed by atoms with Crippen molar-refractivity contribution in [2.45, 2.75) is 25.8 Å². The second-order valence-electron chi connectivity index (χ2n) is 4.01. The minimum Gasteiger partial charge on any atom is -0.325 e. The van der Waals surface area contributed by atoms with Crippen LogP contribution in [-0.2, 0) is 6.42 Å². The Morgan fingerprint density at radius 1 is 1.50 bits per heavy atom. The van der Waals surface area contributed by atoms with Gasteiger partial charge in [0.05, 0.1) is 0 Å². The fraction of sp³-hybridized carbons (Fsp3) is 0.400. The highest BCUT2D eigenvalue weighted by molar-refractivity contribution is 9.10. The molecule has 0 bridgehead atoms. The molecule has 0 atom stereocenters. The van der Waals surface area contributed by atoms with E-state index >= 15 is 0 Å². The van der Waals surface area contributed by atoms with Gasteiger partial charge in [-0.1, -0.05) is 27.5 Å². The molecule has 0 aliphatic heterocycles. The molecule has 0 heterocycles. The van der Waals surface area contributed by atoms with Crippen LogP contribution >= 0.6 is 27.5 Å². The van der Waals surface area contributed by atoms with Crippen molar-refractivity contribution in [3.05, 3.63) is 33.0 Å². The Labute approximate surface area is 96.6 Å². The summed E-state index contributed by atoms with van der Waals surface area (Å²) in [6, 6.07) is 2.97. The Bertz CT molecular complexity index is 323. The van der Waals surface area contributed by atoms with Gasteiger partial charge in [-0.3, -0.25) is 0 Å². The largest absolute Gasteiger partial charge is 0.325 e. The van der Waals surface area contributed by atoms with E-state index < -0.39 is 5.54 Å². The second kappa shape index (κ2) is 4.17. The predicted octanol–water partition coefficient (Wildman–Crippen LogP) is 3.52. The Morgan fingerprint density at radius 3 is 2.50 bits per heavy atom. The molecule has 1 rings (SSSR count). The monoisotopic (exact) mass is 279 g/mol. The molecule has 0 fully saturated rings. The van der Waals surface area contributed by atoms with Crippen molar-refractivity contribution < 1.29 is 4.39 Å². The van der Waals surface area contributed by atoms with E-state index in [4.69, 9.17) is 17.3 Å². The van der Waals surface area contributed by atoms with Gasteiger partial charge in [-0.2, -0.15) is 0 Å². The number of hydrogen-bond acceptors (Lipinski definition) is 1. The summed E-state index contributed by atoms with van der Waals surface area (Å²) in [6.07, 6.45) is 0.469. The van der Waals surface area contributed by atoms with E-state index in [2.05, 4.69) is 15.9 Å². The van der Waals surface area contributed by atoms with Crippen LogP contribution in [0.5, 0.6) is 0 Å². The molecule has 1 aromatic carbocycles. The standard InChI is InChI=1S/C10H12BrClFN/c1-10(2,14)5-7-8(11)3-6(12)4-9(7)13/h3-4H,5,14H2,1-2H3. The van der Waals surface area contributed by atoms with Gasteiger partial charge in [-0.05, 0) is 32.4 Å². The summed E-state index contributed by atoms with van der Waals surface area (Å²) < 4.78 is 14.1. The first-order chi connectivity index (χ1) is 6.29. The fourth-order valence-corrected chi connectivity index (χ4v) is 2.11. The minimum absolute atomic E-state index is 0.317. The summed E-state index contributed by atoms with van der Waals surface area (Å²) in [5, 5.41) is 0.382. The molecular weight excluding hydrogens is 268 g/mol. The van der Waals surface area contributed by atoms with Crippen LogP contribution < -0.4 is 5.73 Å². The van der Waals surface area contributed by atoms with Crippen LogP contribution in [0.25, 0.3) is 0 Å². The van der Waals surface area contributed by atoms with Crippen LogP contribution in [0.15, 0.2) is 16.6 Å². The first kappa shape index (κ1) is 12.0. The van der Waals surface area contributed by atoms with Crippen LogP contribution in [0, 0.1) is 5.82 Å². The molecule has 1 nitrogen and oxygen atoms in total. The van der Waals surface area contributed by atoms with Crippen molar-refractivity contribution in [3.63, 3.8) is 0 Å². The third-order valence-corrected chi connectivity index (χ3v) is 2.66. The summed E-state index contributed by atoms with van der Waals surface area (Å²) in [4.78, 5) is 0. The van der Waals surface area contributed by atoms with E-state index in [1.165, 1.54) is 6.07 Å². The molecule has 0 amide bonds. The highest BCUT2D eigenvalue weighted by atomic mass is 79.9. The Kier molecular flexibility index (Phi) is 3.56. The van der Waals surface area contributed by atoms with Gasteiger partial charge in [0.1, 0.15) is 5.82 Å². The topological polar surface area (TPSA) is 26.0 Å². The normalized spacial score (nSPS) is 11.9. The highest BCUT2D eigenvalue weighted by Crippen LogP contribution is 2.27. The SMILES string of the molecule is CC(C)(N)Cc1c(F)cc(Cl)cc1Br. The van der Waals surface area contributed by atoms with E-state index in [1.54, 1.807) is 6.07 Å². The smallest absolute Gasteiger partial charge is 0.129 e. The van der Waals surface area contributed by atoms with Gasteiger partial charge in [0, 0.05) is 20.6 Å². The minimum atomic E-state index is -0.433. The predicted molar refractivity (Wildman–Crippen MR) is 61.1 cm³/mol. The zero-order chi connectivity index (χ0) is 10.9. The molecule has 0 aromatic heterocycles. The van der Waals surface area contributed by atoms with Crippen LogP contribution in [0.3, 0.4) is 0 Å². The highest BCUT2D eigenvalue weighted by Gasteiger charge is 2.17. The number of nitrogens with two attached hydrogens (primary N) is 1. The average molecular weight is 281 g/mol. The van der Waals surface area contributed by atoms with Crippen molar-refractivity contribution in [1.29, 1.82) is 0 Å². The summed E-state index contributed by atoms with van der Waals surface area (Å²) in [5.74, 6) is -0.317. The molecule has 0 saturated heterocycles. The Balaban J connectivity index is 3.09.